The summed E-state index contributed by atoms with van der Waals surface area (Å²) in [4.78, 5) is 17.5. The van der Waals surface area contributed by atoms with Crippen molar-refractivity contribution in [3.63, 3.8) is 0 Å². The first kappa shape index (κ1) is 20.5. The third kappa shape index (κ3) is 3.97. The number of nitrogens with zero attached hydrogens (tertiary/aromatic N) is 1. The first-order chi connectivity index (χ1) is 14.9. The molecule has 31 heavy (non-hydrogen) atoms. The van der Waals surface area contributed by atoms with Gasteiger partial charge in [0, 0.05) is 16.8 Å². The van der Waals surface area contributed by atoms with Gasteiger partial charge in [-0.25, -0.2) is 4.98 Å². The summed E-state index contributed by atoms with van der Waals surface area (Å²) >= 11 is 0. The van der Waals surface area contributed by atoms with Crippen LogP contribution in [-0.2, 0) is 0 Å². The molecule has 0 radical (unpaired) electrons. The Kier molecular flexibility index (Phi) is 5.38. The van der Waals surface area contributed by atoms with E-state index in [1.54, 1.807) is 25.3 Å². The maximum Gasteiger partial charge on any atom is 0.255 e. The first-order valence-corrected chi connectivity index (χ1v) is 9.92. The minimum atomic E-state index is -0.245. The van der Waals surface area contributed by atoms with Gasteiger partial charge in [0.1, 0.15) is 5.52 Å². The largest absolute Gasteiger partial charge is 0.493 e. The molecular weight excluding hydrogens is 392 g/mol. The number of hydrogen-bond donors (Lipinski definition) is 1. The third-order valence-electron chi connectivity index (χ3n) is 5.20. The average molecular weight is 416 g/mol. The molecule has 1 amide bonds. The second kappa shape index (κ2) is 8.14. The molecule has 6 nitrogen and oxygen atoms in total. The van der Waals surface area contributed by atoms with E-state index >= 15 is 0 Å². The van der Waals surface area contributed by atoms with Crippen molar-refractivity contribution >= 4 is 22.7 Å². The van der Waals surface area contributed by atoms with Crippen LogP contribution in [0.2, 0.25) is 0 Å². The van der Waals surface area contributed by atoms with Crippen LogP contribution in [0.25, 0.3) is 22.6 Å². The normalized spacial score (nSPS) is 10.9. The molecular formula is C25H24N2O4. The summed E-state index contributed by atoms with van der Waals surface area (Å²) in [5.74, 6) is 1.34. The number of carbonyl (C=O) groups is 1. The molecule has 0 bridgehead atoms. The summed E-state index contributed by atoms with van der Waals surface area (Å²) in [7, 11) is 3.10. The summed E-state index contributed by atoms with van der Waals surface area (Å²) in [5.41, 5.74) is 6.66. The Morgan fingerprint density at radius 3 is 2.42 bits per heavy atom. The minimum Gasteiger partial charge on any atom is -0.493 e. The highest BCUT2D eigenvalue weighted by Gasteiger charge is 2.15. The number of methoxy groups -OCH3 is 2. The fourth-order valence-electron chi connectivity index (χ4n) is 3.56. The Bertz CT molecular complexity index is 1290. The van der Waals surface area contributed by atoms with Crippen LogP contribution in [0.5, 0.6) is 11.5 Å². The number of oxazole rings is 1. The lowest BCUT2D eigenvalue weighted by molar-refractivity contribution is 0.102. The molecule has 1 heterocycles. The molecule has 0 aliphatic carbocycles. The Labute approximate surface area is 180 Å². The zero-order chi connectivity index (χ0) is 22.1. The summed E-state index contributed by atoms with van der Waals surface area (Å²) in [6, 6.07) is 14.9. The predicted octanol–water partition coefficient (Wildman–Crippen LogP) is 5.69. The first-order valence-electron chi connectivity index (χ1n) is 9.92. The SMILES string of the molecule is COc1ccc(C(=O)Nc2cc(-c3nc4cc(C)cc(C)c4o3)ccc2C)cc1OC. The lowest BCUT2D eigenvalue weighted by Crippen LogP contribution is -2.13. The van der Waals surface area contributed by atoms with Gasteiger partial charge in [-0.05, 0) is 73.9 Å². The predicted molar refractivity (Wildman–Crippen MR) is 121 cm³/mol. The van der Waals surface area contributed by atoms with E-state index in [1.807, 2.05) is 45.0 Å². The molecule has 0 atom stereocenters. The van der Waals surface area contributed by atoms with Gasteiger partial charge in [-0.15, -0.1) is 0 Å². The van der Waals surface area contributed by atoms with E-state index < -0.39 is 0 Å². The molecule has 0 aliphatic heterocycles. The molecule has 0 saturated heterocycles. The van der Waals surface area contributed by atoms with Crippen molar-refractivity contribution in [1.29, 1.82) is 0 Å². The average Bonchev–Trinajstić information content (AvgIpc) is 3.19. The zero-order valence-corrected chi connectivity index (χ0v) is 18.2. The Balaban J connectivity index is 1.66. The van der Waals surface area contributed by atoms with Crippen LogP contribution >= 0.6 is 0 Å². The van der Waals surface area contributed by atoms with Crippen LogP contribution in [0.15, 0.2) is 52.9 Å². The number of amides is 1. The number of nitrogens with one attached hydrogen (secondary N) is 1. The third-order valence-corrected chi connectivity index (χ3v) is 5.20. The van der Waals surface area contributed by atoms with Crippen molar-refractivity contribution in [1.82, 2.24) is 4.98 Å². The molecule has 0 unspecified atom stereocenters. The van der Waals surface area contributed by atoms with Gasteiger partial charge in [0.05, 0.1) is 14.2 Å². The molecule has 158 valence electrons. The number of rotatable bonds is 5. The van der Waals surface area contributed by atoms with Gasteiger partial charge in [-0.2, -0.15) is 0 Å². The van der Waals surface area contributed by atoms with E-state index in [0.29, 0.717) is 28.6 Å². The molecule has 0 spiro atoms. The van der Waals surface area contributed by atoms with Crippen molar-refractivity contribution in [3.05, 3.63) is 70.8 Å². The monoisotopic (exact) mass is 416 g/mol. The summed E-state index contributed by atoms with van der Waals surface area (Å²) in [6.07, 6.45) is 0. The number of hydrogen-bond acceptors (Lipinski definition) is 5. The van der Waals surface area contributed by atoms with Gasteiger partial charge < -0.3 is 19.2 Å². The molecule has 0 saturated carbocycles. The number of benzene rings is 3. The zero-order valence-electron chi connectivity index (χ0n) is 18.2. The molecule has 4 aromatic rings. The van der Waals surface area contributed by atoms with E-state index in [0.717, 1.165) is 33.4 Å². The van der Waals surface area contributed by atoms with Crippen LogP contribution < -0.4 is 14.8 Å². The second-order valence-electron chi connectivity index (χ2n) is 7.50. The molecule has 3 aromatic carbocycles. The number of aryl methyl sites for hydroxylation is 3. The van der Waals surface area contributed by atoms with E-state index in [-0.39, 0.29) is 5.91 Å². The lowest BCUT2D eigenvalue weighted by atomic mass is 10.1. The van der Waals surface area contributed by atoms with Crippen molar-refractivity contribution in [2.45, 2.75) is 20.8 Å². The number of fused-ring (bicyclic) bond motifs is 1. The molecule has 6 heteroatoms. The standard InChI is InChI=1S/C25H24N2O4/c1-14-10-16(3)23-20(11-14)27-25(31-23)18-7-6-15(2)19(12-18)26-24(28)17-8-9-21(29-4)22(13-17)30-5/h6-13H,1-5H3,(H,26,28). The maximum absolute atomic E-state index is 12.9. The summed E-state index contributed by atoms with van der Waals surface area (Å²) in [6.45, 7) is 5.98. The van der Waals surface area contributed by atoms with Crippen LogP contribution in [-0.4, -0.2) is 25.1 Å². The van der Waals surface area contributed by atoms with E-state index in [4.69, 9.17) is 13.9 Å². The second-order valence-corrected chi connectivity index (χ2v) is 7.50. The maximum atomic E-state index is 12.9. The van der Waals surface area contributed by atoms with Gasteiger partial charge in [-0.3, -0.25) is 4.79 Å². The summed E-state index contributed by atoms with van der Waals surface area (Å²) < 4.78 is 16.6. The van der Waals surface area contributed by atoms with Gasteiger partial charge in [-0.1, -0.05) is 12.1 Å². The van der Waals surface area contributed by atoms with Crippen LogP contribution in [0.4, 0.5) is 5.69 Å². The topological polar surface area (TPSA) is 73.6 Å². The molecule has 0 aliphatic rings. The van der Waals surface area contributed by atoms with Crippen LogP contribution in [0, 0.1) is 20.8 Å². The van der Waals surface area contributed by atoms with Crippen molar-refractivity contribution in [2.75, 3.05) is 19.5 Å². The fourth-order valence-corrected chi connectivity index (χ4v) is 3.56. The van der Waals surface area contributed by atoms with Crippen molar-refractivity contribution < 1.29 is 18.7 Å². The van der Waals surface area contributed by atoms with Gasteiger partial charge in [0.2, 0.25) is 5.89 Å². The van der Waals surface area contributed by atoms with Gasteiger partial charge in [0.15, 0.2) is 17.1 Å². The van der Waals surface area contributed by atoms with Gasteiger partial charge >= 0.3 is 0 Å². The van der Waals surface area contributed by atoms with Crippen molar-refractivity contribution in [2.24, 2.45) is 0 Å². The quantitative estimate of drug-likeness (QED) is 0.452. The molecule has 0 fully saturated rings. The number of anilines is 1. The van der Waals surface area contributed by atoms with Gasteiger partial charge in [0.25, 0.3) is 5.91 Å². The van der Waals surface area contributed by atoms with E-state index in [1.165, 1.54) is 7.11 Å². The number of ether oxygens (including phenoxy) is 2. The van der Waals surface area contributed by atoms with Crippen LogP contribution in [0.1, 0.15) is 27.0 Å². The van der Waals surface area contributed by atoms with Crippen LogP contribution in [0.3, 0.4) is 0 Å². The summed E-state index contributed by atoms with van der Waals surface area (Å²) in [5, 5.41) is 2.97. The van der Waals surface area contributed by atoms with Crippen molar-refractivity contribution in [3.8, 4) is 23.0 Å². The van der Waals surface area contributed by atoms with E-state index in [9.17, 15) is 4.79 Å². The number of aromatic nitrogens is 1. The lowest BCUT2D eigenvalue weighted by Gasteiger charge is -2.12. The molecule has 1 aromatic heterocycles. The Morgan fingerprint density at radius 1 is 0.903 bits per heavy atom. The highest BCUT2D eigenvalue weighted by Crippen LogP contribution is 2.31. The highest BCUT2D eigenvalue weighted by molar-refractivity contribution is 6.05. The fraction of sp³-hybridized carbons (Fsp3) is 0.200. The molecule has 4 rings (SSSR count). The van der Waals surface area contributed by atoms with E-state index in [2.05, 4.69) is 16.4 Å². The Morgan fingerprint density at radius 2 is 1.68 bits per heavy atom. The Hall–Kier alpha value is -3.80. The highest BCUT2D eigenvalue weighted by atomic mass is 16.5. The smallest absolute Gasteiger partial charge is 0.255 e. The minimum absolute atomic E-state index is 0.245. The molecule has 1 N–H and O–H groups in total. The number of carbonyl (C=O) groups excluding carboxylic acids is 1.